The molecular formula is C19H32FN5O6S. The van der Waals surface area contributed by atoms with Gasteiger partial charge in [-0.05, 0) is 54.4 Å². The van der Waals surface area contributed by atoms with Crippen molar-refractivity contribution in [3.63, 3.8) is 0 Å². The second-order valence-corrected chi connectivity index (χ2v) is 11.1. The Morgan fingerprint density at radius 3 is 2.28 bits per heavy atom. The maximum atomic E-state index is 14.7. The molecule has 32 heavy (non-hydrogen) atoms. The Bertz CT molecular complexity index is 950. The number of ether oxygens (including phenoxy) is 2. The normalized spacial score (nSPS) is 17.6. The summed E-state index contributed by atoms with van der Waals surface area (Å²) in [5.74, 6) is -0.908. The molecule has 2 heterocycles. The lowest BCUT2D eigenvalue weighted by atomic mass is 10.1. The second kappa shape index (κ2) is 9.12. The van der Waals surface area contributed by atoms with E-state index >= 15 is 0 Å². The number of nitrogens with one attached hydrogen (secondary N) is 1. The van der Waals surface area contributed by atoms with Gasteiger partial charge in [-0.25, -0.2) is 23.3 Å². The molecule has 0 aromatic carbocycles. The molecule has 182 valence electrons. The molecule has 0 spiro atoms. The van der Waals surface area contributed by atoms with E-state index in [-0.39, 0.29) is 12.2 Å². The molecule has 1 aromatic heterocycles. The monoisotopic (exact) mass is 477 g/mol. The van der Waals surface area contributed by atoms with Crippen LogP contribution in [0.4, 0.5) is 19.7 Å². The number of carbonyl (C=O) groups excluding carboxylic acids is 2. The van der Waals surface area contributed by atoms with Crippen LogP contribution in [-0.4, -0.2) is 65.6 Å². The minimum absolute atomic E-state index is 0.0571. The molecule has 11 nitrogen and oxygen atoms in total. The van der Waals surface area contributed by atoms with Crippen molar-refractivity contribution in [1.82, 2.24) is 19.4 Å². The third-order valence-electron chi connectivity index (χ3n) is 4.34. The molecule has 1 aromatic rings. The lowest BCUT2D eigenvalue weighted by Crippen LogP contribution is -2.56. The van der Waals surface area contributed by atoms with Crippen LogP contribution in [0.5, 0.6) is 0 Å². The standard InChI is InChI=1S/C19H32FN5O6S/c1-18(2,3)30-16(26)22-32(28,29)25(14-11-21-23(7)15(14)20)13-9-8-10-24(12-13)17(27)31-19(4,5)6/h11,13H,8-10,12H2,1-7H3,(H,22,26). The number of nitrogens with zero attached hydrogens (tertiary/aromatic N) is 4. The van der Waals surface area contributed by atoms with Crippen LogP contribution in [0.3, 0.4) is 0 Å². The molecule has 1 N–H and O–H groups in total. The second-order valence-electron chi connectivity index (χ2n) is 9.57. The van der Waals surface area contributed by atoms with Crippen molar-refractivity contribution in [3.05, 3.63) is 12.1 Å². The number of rotatable bonds is 4. The van der Waals surface area contributed by atoms with Gasteiger partial charge in [-0.1, -0.05) is 0 Å². The van der Waals surface area contributed by atoms with E-state index in [4.69, 9.17) is 9.47 Å². The molecule has 1 atom stereocenters. The number of hydrogen-bond acceptors (Lipinski definition) is 7. The predicted octanol–water partition coefficient (Wildman–Crippen LogP) is 2.53. The molecule has 0 bridgehead atoms. The number of hydrogen-bond donors (Lipinski definition) is 1. The maximum absolute atomic E-state index is 14.7. The fourth-order valence-corrected chi connectivity index (χ4v) is 4.47. The van der Waals surface area contributed by atoms with Crippen molar-refractivity contribution < 1.29 is 31.9 Å². The average molecular weight is 478 g/mol. The molecule has 0 radical (unpaired) electrons. The maximum Gasteiger partial charge on any atom is 0.422 e. The number of piperidine rings is 1. The molecular weight excluding hydrogens is 445 g/mol. The molecule has 1 aliphatic rings. The molecule has 2 amide bonds. The summed E-state index contributed by atoms with van der Waals surface area (Å²) in [6.45, 7) is 10.2. The SMILES string of the molecule is Cn1ncc(N(C2CCCN(C(=O)OC(C)(C)C)C2)S(=O)(=O)NC(=O)OC(C)(C)C)c1F. The summed E-state index contributed by atoms with van der Waals surface area (Å²) in [7, 11) is -3.29. The number of likely N-dealkylation sites (tertiary alicyclic amines) is 1. The number of anilines is 1. The summed E-state index contributed by atoms with van der Waals surface area (Å²) in [6.07, 6.45) is 0.0151. The minimum Gasteiger partial charge on any atom is -0.444 e. The highest BCUT2D eigenvalue weighted by Crippen LogP contribution is 2.28. The highest BCUT2D eigenvalue weighted by Gasteiger charge is 2.39. The molecule has 0 aliphatic carbocycles. The van der Waals surface area contributed by atoms with Crippen molar-refractivity contribution in [2.75, 3.05) is 17.4 Å². The van der Waals surface area contributed by atoms with Crippen LogP contribution >= 0.6 is 0 Å². The third-order valence-corrected chi connectivity index (χ3v) is 5.77. The number of amides is 2. The number of aryl methyl sites for hydroxylation is 1. The van der Waals surface area contributed by atoms with Gasteiger partial charge in [-0.15, -0.1) is 0 Å². The first kappa shape index (κ1) is 25.7. The zero-order chi connectivity index (χ0) is 24.5. The average Bonchev–Trinajstić information content (AvgIpc) is 2.91. The largest absolute Gasteiger partial charge is 0.444 e. The van der Waals surface area contributed by atoms with E-state index in [1.54, 1.807) is 41.5 Å². The quantitative estimate of drug-likeness (QED) is 0.707. The van der Waals surface area contributed by atoms with Crippen LogP contribution in [0, 0.1) is 5.95 Å². The van der Waals surface area contributed by atoms with Gasteiger partial charge >= 0.3 is 22.4 Å². The van der Waals surface area contributed by atoms with Gasteiger partial charge in [-0.2, -0.15) is 17.9 Å². The summed E-state index contributed by atoms with van der Waals surface area (Å²) >= 11 is 0. The zero-order valence-electron chi connectivity index (χ0n) is 19.5. The fraction of sp³-hybridized carbons (Fsp3) is 0.737. The first-order chi connectivity index (χ1) is 14.5. The molecule has 1 unspecified atom stereocenters. The Morgan fingerprint density at radius 1 is 1.19 bits per heavy atom. The van der Waals surface area contributed by atoms with E-state index in [0.717, 1.165) is 15.2 Å². The molecule has 0 saturated carbocycles. The van der Waals surface area contributed by atoms with Gasteiger partial charge in [0.25, 0.3) is 0 Å². The van der Waals surface area contributed by atoms with E-state index in [2.05, 4.69) is 5.10 Å². The van der Waals surface area contributed by atoms with Crippen LogP contribution in [-0.2, 0) is 26.7 Å². The van der Waals surface area contributed by atoms with Crippen molar-refractivity contribution in [3.8, 4) is 0 Å². The van der Waals surface area contributed by atoms with E-state index in [1.165, 1.54) is 11.9 Å². The Morgan fingerprint density at radius 2 is 1.78 bits per heavy atom. The molecule has 2 rings (SSSR count). The van der Waals surface area contributed by atoms with Gasteiger partial charge in [0.05, 0.1) is 12.2 Å². The van der Waals surface area contributed by atoms with Crippen LogP contribution in [0.2, 0.25) is 0 Å². The highest BCUT2D eigenvalue weighted by molar-refractivity contribution is 7.91. The summed E-state index contributed by atoms with van der Waals surface area (Å²) in [5.41, 5.74) is -2.02. The van der Waals surface area contributed by atoms with Gasteiger partial charge in [0.2, 0.25) is 5.95 Å². The van der Waals surface area contributed by atoms with Crippen molar-refractivity contribution in [2.45, 2.75) is 71.6 Å². The minimum atomic E-state index is -4.60. The van der Waals surface area contributed by atoms with Crippen LogP contribution in [0.15, 0.2) is 6.20 Å². The molecule has 1 saturated heterocycles. The summed E-state index contributed by atoms with van der Waals surface area (Å²) in [4.78, 5) is 26.1. The predicted molar refractivity (Wildman–Crippen MR) is 115 cm³/mol. The summed E-state index contributed by atoms with van der Waals surface area (Å²) in [6, 6.07) is -0.866. The van der Waals surface area contributed by atoms with Crippen molar-refractivity contribution in [2.24, 2.45) is 7.05 Å². The Balaban J connectivity index is 2.36. The lowest BCUT2D eigenvalue weighted by Gasteiger charge is -2.39. The van der Waals surface area contributed by atoms with Gasteiger partial charge in [0.1, 0.15) is 16.9 Å². The van der Waals surface area contributed by atoms with E-state index in [9.17, 15) is 22.4 Å². The first-order valence-corrected chi connectivity index (χ1v) is 11.6. The van der Waals surface area contributed by atoms with E-state index in [0.29, 0.717) is 19.4 Å². The summed E-state index contributed by atoms with van der Waals surface area (Å²) in [5, 5.41) is 3.77. The van der Waals surface area contributed by atoms with Crippen LogP contribution < -0.4 is 9.03 Å². The molecule has 1 aliphatic heterocycles. The smallest absolute Gasteiger partial charge is 0.422 e. The first-order valence-electron chi connectivity index (χ1n) is 10.2. The van der Waals surface area contributed by atoms with Gasteiger partial charge in [-0.3, -0.25) is 0 Å². The van der Waals surface area contributed by atoms with Gasteiger partial charge in [0.15, 0.2) is 0 Å². The Labute approximate surface area is 188 Å². The van der Waals surface area contributed by atoms with Crippen molar-refractivity contribution >= 4 is 28.1 Å². The van der Waals surface area contributed by atoms with E-state index in [1.807, 2.05) is 4.72 Å². The molecule has 13 heteroatoms. The molecule has 1 fully saturated rings. The van der Waals surface area contributed by atoms with E-state index < -0.39 is 45.6 Å². The highest BCUT2D eigenvalue weighted by atomic mass is 32.2. The summed E-state index contributed by atoms with van der Waals surface area (Å²) < 4.78 is 54.9. The van der Waals surface area contributed by atoms with Gasteiger partial charge < -0.3 is 14.4 Å². The Kier molecular flexibility index (Phi) is 7.32. The van der Waals surface area contributed by atoms with Crippen LogP contribution in [0.25, 0.3) is 0 Å². The van der Waals surface area contributed by atoms with Gasteiger partial charge in [0, 0.05) is 20.1 Å². The topological polar surface area (TPSA) is 123 Å². The Hall–Kier alpha value is -2.57. The van der Waals surface area contributed by atoms with Crippen LogP contribution in [0.1, 0.15) is 54.4 Å². The fourth-order valence-electron chi connectivity index (χ4n) is 3.17. The third kappa shape index (κ3) is 6.71. The van der Waals surface area contributed by atoms with Crippen molar-refractivity contribution in [1.29, 1.82) is 0 Å². The zero-order valence-corrected chi connectivity index (χ0v) is 20.3. The number of halogens is 1. The lowest BCUT2D eigenvalue weighted by molar-refractivity contribution is 0.0201. The number of aromatic nitrogens is 2. The number of carbonyl (C=O) groups is 2.